The molecule has 1 aliphatic rings. The van der Waals surface area contributed by atoms with Gasteiger partial charge in [-0.15, -0.1) is 0 Å². The first-order chi connectivity index (χ1) is 12.9. The molecule has 0 aromatic heterocycles. The largest absolute Gasteiger partial charge is 0.493 e. The van der Waals surface area contributed by atoms with E-state index in [1.165, 1.54) is 26.2 Å². The van der Waals surface area contributed by atoms with E-state index in [0.29, 0.717) is 28.5 Å². The summed E-state index contributed by atoms with van der Waals surface area (Å²) >= 11 is 0. The number of aryl methyl sites for hydroxylation is 1. The molecule has 142 valence electrons. The molecule has 0 spiro atoms. The lowest BCUT2D eigenvalue weighted by molar-refractivity contribution is -0.121. The van der Waals surface area contributed by atoms with E-state index in [-0.39, 0.29) is 18.2 Å². The van der Waals surface area contributed by atoms with Crippen LogP contribution in [0.2, 0.25) is 0 Å². The molecule has 0 radical (unpaired) electrons. The van der Waals surface area contributed by atoms with E-state index in [2.05, 4.69) is 0 Å². The molecule has 0 N–H and O–H groups in total. The molecule has 2 amide bonds. The minimum atomic E-state index is -0.632. The molecule has 1 saturated heterocycles. The summed E-state index contributed by atoms with van der Waals surface area (Å²) in [5, 5.41) is 0. The fourth-order valence-electron chi connectivity index (χ4n) is 3.50. The lowest BCUT2D eigenvalue weighted by atomic mass is 9.95. The Bertz CT molecular complexity index is 906. The highest BCUT2D eigenvalue weighted by Gasteiger charge is 2.42. The summed E-state index contributed by atoms with van der Waals surface area (Å²) in [6, 6.07) is 9.07. The third kappa shape index (κ3) is 3.01. The molecule has 2 aromatic rings. The Morgan fingerprint density at radius 1 is 0.926 bits per heavy atom. The highest BCUT2D eigenvalue weighted by Crippen LogP contribution is 2.46. The summed E-state index contributed by atoms with van der Waals surface area (Å²) in [7, 11) is 4.54. The van der Waals surface area contributed by atoms with Crippen LogP contribution in [0.3, 0.4) is 0 Å². The molecule has 1 heterocycles. The summed E-state index contributed by atoms with van der Waals surface area (Å²) in [6.45, 7) is 3.87. The standard InChI is InChI=1S/C21H23NO5/c1-12-7-6-8-16(13(12)2)22-18(23)11-15(21(22)24)14-9-10-17(25-3)20(27-5)19(14)26-4/h6-10,15H,11H2,1-5H3/t15-/m1/s1. The van der Waals surface area contributed by atoms with Gasteiger partial charge >= 0.3 is 0 Å². The number of nitrogens with zero attached hydrogens (tertiary/aromatic N) is 1. The fourth-order valence-corrected chi connectivity index (χ4v) is 3.50. The molecule has 0 bridgehead atoms. The van der Waals surface area contributed by atoms with Crippen molar-refractivity contribution in [2.45, 2.75) is 26.2 Å². The van der Waals surface area contributed by atoms with Gasteiger partial charge in [-0.3, -0.25) is 9.59 Å². The Balaban J connectivity index is 2.07. The highest BCUT2D eigenvalue weighted by atomic mass is 16.5. The van der Waals surface area contributed by atoms with Crippen molar-refractivity contribution in [1.29, 1.82) is 0 Å². The number of ether oxygens (including phenoxy) is 3. The van der Waals surface area contributed by atoms with Crippen LogP contribution in [0, 0.1) is 13.8 Å². The number of carbonyl (C=O) groups is 2. The van der Waals surface area contributed by atoms with Crippen molar-refractivity contribution in [3.05, 3.63) is 47.0 Å². The van der Waals surface area contributed by atoms with Gasteiger partial charge in [0.15, 0.2) is 11.5 Å². The number of hydrogen-bond acceptors (Lipinski definition) is 5. The molecule has 27 heavy (non-hydrogen) atoms. The van der Waals surface area contributed by atoms with Crippen LogP contribution in [0.25, 0.3) is 0 Å². The Kier molecular flexibility index (Phi) is 5.08. The van der Waals surface area contributed by atoms with Crippen LogP contribution in [0.4, 0.5) is 5.69 Å². The van der Waals surface area contributed by atoms with Crippen LogP contribution >= 0.6 is 0 Å². The topological polar surface area (TPSA) is 65.1 Å². The second kappa shape index (κ2) is 7.31. The maximum atomic E-state index is 13.2. The summed E-state index contributed by atoms with van der Waals surface area (Å²) in [5.74, 6) is 0.192. The SMILES string of the molecule is COc1ccc([C@H]2CC(=O)N(c3cccc(C)c3C)C2=O)c(OC)c1OC. The minimum Gasteiger partial charge on any atom is -0.493 e. The number of hydrogen-bond donors (Lipinski definition) is 0. The number of anilines is 1. The van der Waals surface area contributed by atoms with Gasteiger partial charge in [-0.1, -0.05) is 18.2 Å². The maximum absolute atomic E-state index is 13.2. The minimum absolute atomic E-state index is 0.0814. The lowest BCUT2D eigenvalue weighted by Crippen LogP contribution is -2.30. The highest BCUT2D eigenvalue weighted by molar-refractivity contribution is 6.23. The molecule has 6 nitrogen and oxygen atoms in total. The zero-order valence-electron chi connectivity index (χ0n) is 16.2. The first kappa shape index (κ1) is 18.8. The van der Waals surface area contributed by atoms with Crippen molar-refractivity contribution in [1.82, 2.24) is 0 Å². The van der Waals surface area contributed by atoms with Crippen LogP contribution in [0.1, 0.15) is 29.0 Å². The Morgan fingerprint density at radius 3 is 2.26 bits per heavy atom. The number of amides is 2. The van der Waals surface area contributed by atoms with Gasteiger partial charge in [0.25, 0.3) is 0 Å². The number of imide groups is 1. The van der Waals surface area contributed by atoms with Gasteiger partial charge in [0.05, 0.1) is 32.9 Å². The van der Waals surface area contributed by atoms with Gasteiger partial charge in [0, 0.05) is 12.0 Å². The third-order valence-electron chi connectivity index (χ3n) is 5.07. The second-order valence-corrected chi connectivity index (χ2v) is 6.47. The normalized spacial score (nSPS) is 16.6. The van der Waals surface area contributed by atoms with Crippen LogP contribution in [0.15, 0.2) is 30.3 Å². The molecule has 0 aliphatic carbocycles. The van der Waals surface area contributed by atoms with Gasteiger partial charge < -0.3 is 14.2 Å². The van der Waals surface area contributed by atoms with E-state index in [4.69, 9.17) is 14.2 Å². The third-order valence-corrected chi connectivity index (χ3v) is 5.07. The molecule has 6 heteroatoms. The number of methoxy groups -OCH3 is 3. The monoisotopic (exact) mass is 369 g/mol. The van der Waals surface area contributed by atoms with E-state index < -0.39 is 5.92 Å². The smallest absolute Gasteiger partial charge is 0.241 e. The van der Waals surface area contributed by atoms with Crippen molar-refractivity contribution < 1.29 is 23.8 Å². The van der Waals surface area contributed by atoms with Gasteiger partial charge in [0.2, 0.25) is 17.6 Å². The molecular weight excluding hydrogens is 346 g/mol. The van der Waals surface area contributed by atoms with Crippen molar-refractivity contribution in [2.24, 2.45) is 0 Å². The number of benzene rings is 2. The van der Waals surface area contributed by atoms with Crippen molar-refractivity contribution in [3.8, 4) is 17.2 Å². The average molecular weight is 369 g/mol. The van der Waals surface area contributed by atoms with Gasteiger partial charge in [-0.05, 0) is 37.1 Å². The molecule has 3 rings (SSSR count). The van der Waals surface area contributed by atoms with E-state index in [9.17, 15) is 9.59 Å². The predicted octanol–water partition coefficient (Wildman–Crippen LogP) is 3.38. The second-order valence-electron chi connectivity index (χ2n) is 6.47. The molecule has 0 saturated carbocycles. The number of carbonyl (C=O) groups excluding carboxylic acids is 2. The summed E-state index contributed by atoms with van der Waals surface area (Å²) < 4.78 is 16.2. The van der Waals surface area contributed by atoms with Crippen LogP contribution in [-0.2, 0) is 9.59 Å². The lowest BCUT2D eigenvalue weighted by Gasteiger charge is -2.20. The average Bonchev–Trinajstić information content (AvgIpc) is 2.96. The molecule has 1 aliphatic heterocycles. The van der Waals surface area contributed by atoms with Crippen LogP contribution < -0.4 is 19.1 Å². The van der Waals surface area contributed by atoms with Gasteiger partial charge in [-0.2, -0.15) is 0 Å². The zero-order valence-corrected chi connectivity index (χ0v) is 16.2. The Labute approximate surface area is 158 Å². The molecule has 0 unspecified atom stereocenters. The predicted molar refractivity (Wildman–Crippen MR) is 102 cm³/mol. The van der Waals surface area contributed by atoms with Gasteiger partial charge in [-0.25, -0.2) is 4.90 Å². The quantitative estimate of drug-likeness (QED) is 0.756. The Morgan fingerprint density at radius 2 is 1.63 bits per heavy atom. The van der Waals surface area contributed by atoms with E-state index >= 15 is 0 Å². The first-order valence-corrected chi connectivity index (χ1v) is 8.66. The summed E-state index contributed by atoms with van der Waals surface area (Å²) in [5.41, 5.74) is 3.19. The van der Waals surface area contributed by atoms with Crippen molar-refractivity contribution in [2.75, 3.05) is 26.2 Å². The Hall–Kier alpha value is -3.02. The van der Waals surface area contributed by atoms with Crippen molar-refractivity contribution in [3.63, 3.8) is 0 Å². The molecule has 1 atom stereocenters. The summed E-state index contributed by atoms with van der Waals surface area (Å²) in [4.78, 5) is 27.2. The van der Waals surface area contributed by atoms with E-state index in [1.54, 1.807) is 18.2 Å². The zero-order chi connectivity index (χ0) is 19.7. The molecule has 2 aromatic carbocycles. The van der Waals surface area contributed by atoms with Crippen LogP contribution in [-0.4, -0.2) is 33.1 Å². The van der Waals surface area contributed by atoms with E-state index in [1.807, 2.05) is 26.0 Å². The fraction of sp³-hybridized carbons (Fsp3) is 0.333. The van der Waals surface area contributed by atoms with Gasteiger partial charge in [0.1, 0.15) is 0 Å². The number of rotatable bonds is 5. The van der Waals surface area contributed by atoms with Crippen molar-refractivity contribution >= 4 is 17.5 Å². The maximum Gasteiger partial charge on any atom is 0.241 e. The molecule has 1 fully saturated rings. The van der Waals surface area contributed by atoms with E-state index in [0.717, 1.165) is 11.1 Å². The molecular formula is C21H23NO5. The first-order valence-electron chi connectivity index (χ1n) is 8.66. The summed E-state index contributed by atoms with van der Waals surface area (Å²) in [6.07, 6.45) is 0.0814. The van der Waals surface area contributed by atoms with Crippen LogP contribution in [0.5, 0.6) is 17.2 Å².